The molecule has 106 valence electrons. The molecule has 1 aromatic heterocycles. The third kappa shape index (κ3) is 2.82. The van der Waals surface area contributed by atoms with Crippen LogP contribution in [0.3, 0.4) is 0 Å². The molecule has 0 aliphatic heterocycles. The first-order valence-electron chi connectivity index (χ1n) is 5.48. The largest absolute Gasteiger partial charge is 0.398 e. The van der Waals surface area contributed by atoms with Crippen molar-refractivity contribution >= 4 is 53.4 Å². The summed E-state index contributed by atoms with van der Waals surface area (Å²) in [5.74, 6) is 0.321. The van der Waals surface area contributed by atoms with Crippen molar-refractivity contribution in [3.8, 4) is 0 Å². The number of nitrogens with zero attached hydrogens (tertiary/aromatic N) is 2. The maximum absolute atomic E-state index is 12.6. The number of rotatable bonds is 3. The molecule has 0 amide bonds. The molecular weight excluding hydrogens is 410 g/mol. The van der Waals surface area contributed by atoms with Gasteiger partial charge in [0.2, 0.25) is 0 Å². The highest BCUT2D eigenvalue weighted by Gasteiger charge is 2.27. The van der Waals surface area contributed by atoms with E-state index in [0.29, 0.717) is 14.8 Å². The van der Waals surface area contributed by atoms with E-state index in [9.17, 15) is 8.42 Å². The van der Waals surface area contributed by atoms with Crippen LogP contribution >= 0.6 is 31.9 Å². The molecule has 20 heavy (non-hydrogen) atoms. The molecule has 8 heteroatoms. The number of hydrogen-bond acceptors (Lipinski definition) is 4. The van der Waals surface area contributed by atoms with Gasteiger partial charge in [-0.15, -0.1) is 0 Å². The Kier molecular flexibility index (Phi) is 4.36. The smallest absolute Gasteiger partial charge is 0.268 e. The Morgan fingerprint density at radius 3 is 2.50 bits per heavy atom. The van der Waals surface area contributed by atoms with Crippen LogP contribution in [0.2, 0.25) is 0 Å². The minimum Gasteiger partial charge on any atom is -0.398 e. The fraction of sp³-hybridized carbons (Fsp3) is 0.0833. The van der Waals surface area contributed by atoms with E-state index in [1.807, 2.05) is 0 Å². The first-order valence-corrected chi connectivity index (χ1v) is 8.51. The average Bonchev–Trinajstić information content (AvgIpc) is 2.37. The Balaban J connectivity index is 2.57. The first-order chi connectivity index (χ1) is 9.34. The van der Waals surface area contributed by atoms with Crippen molar-refractivity contribution in [2.45, 2.75) is 4.90 Å². The van der Waals surface area contributed by atoms with Crippen molar-refractivity contribution in [2.75, 3.05) is 17.1 Å². The SMILES string of the molecule is CN(c1ccccn1)S(=O)(=O)c1c(N)cc(Br)cc1Br. The number of sulfonamides is 1. The van der Waals surface area contributed by atoms with Gasteiger partial charge < -0.3 is 5.73 Å². The van der Waals surface area contributed by atoms with E-state index in [4.69, 9.17) is 5.73 Å². The molecule has 1 aromatic carbocycles. The minimum absolute atomic E-state index is 0.0221. The average molecular weight is 421 g/mol. The van der Waals surface area contributed by atoms with Crippen LogP contribution < -0.4 is 10.0 Å². The summed E-state index contributed by atoms with van der Waals surface area (Å²) in [6.07, 6.45) is 1.53. The van der Waals surface area contributed by atoms with E-state index in [0.717, 1.165) is 4.31 Å². The summed E-state index contributed by atoms with van der Waals surface area (Å²) in [4.78, 5) is 4.05. The van der Waals surface area contributed by atoms with Gasteiger partial charge in [-0.1, -0.05) is 22.0 Å². The summed E-state index contributed by atoms with van der Waals surface area (Å²) < 4.78 is 27.5. The van der Waals surface area contributed by atoms with Gasteiger partial charge in [-0.25, -0.2) is 13.4 Å². The van der Waals surface area contributed by atoms with Gasteiger partial charge in [0, 0.05) is 22.2 Å². The molecule has 0 atom stereocenters. The number of nitrogens with two attached hydrogens (primary N) is 1. The summed E-state index contributed by atoms with van der Waals surface area (Å²) in [7, 11) is -2.36. The molecule has 2 aromatic rings. The Hall–Kier alpha value is -1.12. The zero-order valence-corrected chi connectivity index (χ0v) is 14.4. The maximum Gasteiger partial charge on any atom is 0.268 e. The topological polar surface area (TPSA) is 76.3 Å². The number of aromatic nitrogens is 1. The van der Waals surface area contributed by atoms with Crippen molar-refractivity contribution < 1.29 is 8.42 Å². The molecule has 2 rings (SSSR count). The van der Waals surface area contributed by atoms with Gasteiger partial charge in [0.1, 0.15) is 10.7 Å². The van der Waals surface area contributed by atoms with Gasteiger partial charge in [-0.05, 0) is 40.2 Å². The first kappa shape index (κ1) is 15.3. The second kappa shape index (κ2) is 5.71. The van der Waals surface area contributed by atoms with Crippen molar-refractivity contribution in [3.63, 3.8) is 0 Å². The number of halogens is 2. The zero-order valence-electron chi connectivity index (χ0n) is 10.4. The van der Waals surface area contributed by atoms with Gasteiger partial charge >= 0.3 is 0 Å². The lowest BCUT2D eigenvalue weighted by atomic mass is 10.3. The highest BCUT2D eigenvalue weighted by atomic mass is 79.9. The second-order valence-corrected chi connectivity index (χ2v) is 7.64. The van der Waals surface area contributed by atoms with Crippen LogP contribution in [0, 0.1) is 0 Å². The Morgan fingerprint density at radius 1 is 1.25 bits per heavy atom. The number of nitrogen functional groups attached to an aromatic ring is 1. The van der Waals surface area contributed by atoms with Gasteiger partial charge in [0.25, 0.3) is 10.0 Å². The predicted molar refractivity (Wildman–Crippen MR) is 86.1 cm³/mol. The highest BCUT2D eigenvalue weighted by molar-refractivity contribution is 9.11. The Bertz CT molecular complexity index is 713. The van der Waals surface area contributed by atoms with Crippen LogP contribution in [0.1, 0.15) is 0 Å². The van der Waals surface area contributed by atoms with Gasteiger partial charge in [0.05, 0.1) is 5.69 Å². The molecule has 0 saturated heterocycles. The molecule has 2 N–H and O–H groups in total. The van der Waals surface area contributed by atoms with Crippen LogP contribution in [0.15, 0.2) is 50.4 Å². The predicted octanol–water partition coefficient (Wildman–Crippen LogP) is 3.01. The maximum atomic E-state index is 12.6. The van der Waals surface area contributed by atoms with E-state index in [-0.39, 0.29) is 10.6 Å². The molecule has 0 bridgehead atoms. The third-order valence-corrected chi connectivity index (χ3v) is 5.85. The van der Waals surface area contributed by atoms with Crippen LogP contribution in [0.5, 0.6) is 0 Å². The second-order valence-electron chi connectivity index (χ2n) is 3.97. The summed E-state index contributed by atoms with van der Waals surface area (Å²) in [6.45, 7) is 0. The lowest BCUT2D eigenvalue weighted by Crippen LogP contribution is -2.28. The molecular formula is C12H11Br2N3O2S. The molecule has 0 spiro atoms. The third-order valence-electron chi connectivity index (χ3n) is 2.63. The van der Waals surface area contributed by atoms with E-state index in [1.54, 1.807) is 30.3 Å². The van der Waals surface area contributed by atoms with E-state index >= 15 is 0 Å². The van der Waals surface area contributed by atoms with Crippen LogP contribution in [-0.2, 0) is 10.0 Å². The fourth-order valence-electron chi connectivity index (χ4n) is 1.65. The van der Waals surface area contributed by atoms with Crippen LogP contribution in [0.4, 0.5) is 11.5 Å². The Morgan fingerprint density at radius 2 is 1.95 bits per heavy atom. The van der Waals surface area contributed by atoms with E-state index in [2.05, 4.69) is 36.8 Å². The van der Waals surface area contributed by atoms with E-state index in [1.165, 1.54) is 13.2 Å². The molecule has 0 aliphatic rings. The van der Waals surface area contributed by atoms with Crippen molar-refractivity contribution in [1.82, 2.24) is 4.98 Å². The Labute approximate surface area is 134 Å². The molecule has 1 heterocycles. The van der Waals surface area contributed by atoms with Gasteiger partial charge in [0.15, 0.2) is 0 Å². The van der Waals surface area contributed by atoms with Gasteiger partial charge in [-0.3, -0.25) is 4.31 Å². The monoisotopic (exact) mass is 419 g/mol. The quantitative estimate of drug-likeness (QED) is 0.774. The molecule has 0 fully saturated rings. The number of hydrogen-bond donors (Lipinski definition) is 1. The van der Waals surface area contributed by atoms with Crippen LogP contribution in [0.25, 0.3) is 0 Å². The highest BCUT2D eigenvalue weighted by Crippen LogP contribution is 2.34. The lowest BCUT2D eigenvalue weighted by molar-refractivity contribution is 0.594. The summed E-state index contributed by atoms with van der Waals surface area (Å²) in [5, 5.41) is 0. The molecule has 0 unspecified atom stereocenters. The van der Waals surface area contributed by atoms with E-state index < -0.39 is 10.0 Å². The minimum atomic E-state index is -3.79. The normalized spacial score (nSPS) is 11.3. The summed E-state index contributed by atoms with van der Waals surface area (Å²) in [5.41, 5.74) is 6.00. The van der Waals surface area contributed by atoms with Crippen molar-refractivity contribution in [1.29, 1.82) is 0 Å². The summed E-state index contributed by atoms with van der Waals surface area (Å²) in [6, 6.07) is 8.22. The van der Waals surface area contributed by atoms with Gasteiger partial charge in [-0.2, -0.15) is 0 Å². The molecule has 0 radical (unpaired) electrons. The summed E-state index contributed by atoms with van der Waals surface area (Å²) >= 11 is 6.50. The number of pyridine rings is 1. The number of anilines is 2. The number of benzene rings is 1. The fourth-order valence-corrected chi connectivity index (χ4v) is 4.81. The zero-order chi connectivity index (χ0) is 14.9. The molecule has 0 saturated carbocycles. The van der Waals surface area contributed by atoms with Crippen molar-refractivity contribution in [3.05, 3.63) is 45.5 Å². The molecule has 5 nitrogen and oxygen atoms in total. The van der Waals surface area contributed by atoms with Crippen LogP contribution in [-0.4, -0.2) is 20.4 Å². The standard InChI is InChI=1S/C12H11Br2N3O2S/c1-17(11-4-2-3-5-16-11)20(18,19)12-9(14)6-8(13)7-10(12)15/h2-7H,15H2,1H3. The molecule has 0 aliphatic carbocycles. The lowest BCUT2D eigenvalue weighted by Gasteiger charge is -2.20. The van der Waals surface area contributed by atoms with Crippen molar-refractivity contribution in [2.24, 2.45) is 0 Å².